The summed E-state index contributed by atoms with van der Waals surface area (Å²) in [5.41, 5.74) is 0.774. The van der Waals surface area contributed by atoms with Crippen molar-refractivity contribution >= 4 is 0 Å². The molecule has 1 aliphatic carbocycles. The molecule has 1 fully saturated rings. The second kappa shape index (κ2) is 12.6. The van der Waals surface area contributed by atoms with Crippen molar-refractivity contribution in [2.75, 3.05) is 0 Å². The first-order valence-corrected chi connectivity index (χ1v) is 13.3. The summed E-state index contributed by atoms with van der Waals surface area (Å²) in [5, 5.41) is 0. The van der Waals surface area contributed by atoms with Crippen LogP contribution in [0.3, 0.4) is 0 Å². The van der Waals surface area contributed by atoms with Crippen molar-refractivity contribution in [1.29, 1.82) is 0 Å². The minimum Gasteiger partial charge on any atom is -0.454 e. The molecule has 7 heteroatoms. The third-order valence-corrected chi connectivity index (χ3v) is 7.37. The minimum atomic E-state index is -4.82. The first-order valence-electron chi connectivity index (χ1n) is 13.3. The maximum Gasteiger partial charge on any atom is 0.573 e. The minimum absolute atomic E-state index is 0.0233. The molecule has 204 valence electrons. The number of hydrogen-bond donors (Lipinski definition) is 0. The lowest BCUT2D eigenvalue weighted by atomic mass is 9.78. The molecule has 0 heterocycles. The summed E-state index contributed by atoms with van der Waals surface area (Å²) in [7, 11) is 0. The predicted octanol–water partition coefficient (Wildman–Crippen LogP) is 10.3. The molecular weight excluding hydrogens is 499 g/mol. The van der Waals surface area contributed by atoms with Crippen LogP contribution in [0.2, 0.25) is 0 Å². The van der Waals surface area contributed by atoms with Crippen LogP contribution in [0.25, 0.3) is 11.1 Å². The Morgan fingerprint density at radius 1 is 0.816 bits per heavy atom. The molecule has 0 unspecified atom stereocenters. The summed E-state index contributed by atoms with van der Waals surface area (Å²) in [4.78, 5) is 0. The largest absolute Gasteiger partial charge is 0.573 e. The van der Waals surface area contributed by atoms with Crippen molar-refractivity contribution in [2.45, 2.75) is 71.1 Å². The van der Waals surface area contributed by atoms with Crippen molar-refractivity contribution in [3.8, 4) is 28.4 Å². The molecule has 1 aliphatic rings. The van der Waals surface area contributed by atoms with Crippen molar-refractivity contribution in [2.24, 2.45) is 11.8 Å². The van der Waals surface area contributed by atoms with Gasteiger partial charge in [0.15, 0.2) is 11.6 Å². The maximum atomic E-state index is 15.9. The molecule has 0 atom stereocenters. The molecule has 0 bridgehead atoms. The van der Waals surface area contributed by atoms with Crippen molar-refractivity contribution < 1.29 is 31.4 Å². The second-order valence-electron chi connectivity index (χ2n) is 10.1. The van der Waals surface area contributed by atoms with Gasteiger partial charge in [-0.3, -0.25) is 0 Å². The highest BCUT2D eigenvalue weighted by Gasteiger charge is 2.31. The van der Waals surface area contributed by atoms with Crippen LogP contribution in [0.15, 0.2) is 60.7 Å². The van der Waals surface area contributed by atoms with Gasteiger partial charge in [-0.05, 0) is 60.6 Å². The molecule has 1 saturated carbocycles. The third kappa shape index (κ3) is 7.49. The van der Waals surface area contributed by atoms with Crippen LogP contribution in [-0.2, 0) is 6.42 Å². The second-order valence-corrected chi connectivity index (χ2v) is 10.1. The number of alkyl halides is 3. The smallest absolute Gasteiger partial charge is 0.454 e. The highest BCUT2D eigenvalue weighted by atomic mass is 19.4. The van der Waals surface area contributed by atoms with Gasteiger partial charge < -0.3 is 9.47 Å². The number of unbranched alkanes of at least 4 members (excludes halogenated alkanes) is 1. The van der Waals surface area contributed by atoms with E-state index < -0.39 is 23.7 Å². The number of benzene rings is 3. The van der Waals surface area contributed by atoms with Gasteiger partial charge in [0.05, 0.1) is 0 Å². The van der Waals surface area contributed by atoms with Gasteiger partial charge in [0.25, 0.3) is 0 Å². The average Bonchev–Trinajstić information content (AvgIpc) is 2.90. The topological polar surface area (TPSA) is 18.5 Å². The number of hydrogen-bond acceptors (Lipinski definition) is 2. The highest BCUT2D eigenvalue weighted by Crippen LogP contribution is 2.41. The van der Waals surface area contributed by atoms with Gasteiger partial charge in [-0.2, -0.15) is 0 Å². The normalized spacial score (nSPS) is 17.8. The standard InChI is InChI=1S/C31H33F5O2/c1-2-3-7-21-10-12-22(13-11-21)14-19-26-28(32)20-27(23-8-5-4-6-9-23)30(29(26)33)37-24-15-17-25(18-16-24)38-31(34,35)36/h4-6,8-9,15-18,20-22H,2-3,7,10-14,19H2,1H3. The van der Waals surface area contributed by atoms with Gasteiger partial charge >= 0.3 is 6.36 Å². The fraction of sp³-hybridized carbons (Fsp3) is 0.419. The van der Waals surface area contributed by atoms with Crippen LogP contribution in [0.4, 0.5) is 22.0 Å². The molecule has 0 saturated heterocycles. The zero-order valence-corrected chi connectivity index (χ0v) is 21.5. The van der Waals surface area contributed by atoms with Gasteiger partial charge in [0, 0.05) is 11.1 Å². The maximum absolute atomic E-state index is 15.9. The van der Waals surface area contributed by atoms with Gasteiger partial charge in [-0.25, -0.2) is 8.78 Å². The monoisotopic (exact) mass is 532 g/mol. The Morgan fingerprint density at radius 2 is 1.42 bits per heavy atom. The first-order chi connectivity index (χ1) is 18.2. The van der Waals surface area contributed by atoms with Crippen molar-refractivity contribution in [3.63, 3.8) is 0 Å². The Hall–Kier alpha value is -3.09. The molecule has 0 amide bonds. The Kier molecular flexibility index (Phi) is 9.29. The molecule has 4 rings (SSSR count). The summed E-state index contributed by atoms with van der Waals surface area (Å²) in [6, 6.07) is 14.7. The summed E-state index contributed by atoms with van der Waals surface area (Å²) in [5.74, 6) is -0.670. The Labute approximate surface area is 220 Å². The van der Waals surface area contributed by atoms with Crippen molar-refractivity contribution in [1.82, 2.24) is 0 Å². The van der Waals surface area contributed by atoms with Gasteiger partial charge in [0.2, 0.25) is 0 Å². The molecule has 0 radical (unpaired) electrons. The Morgan fingerprint density at radius 3 is 2.03 bits per heavy atom. The van der Waals surface area contributed by atoms with E-state index in [0.717, 1.165) is 30.9 Å². The lowest BCUT2D eigenvalue weighted by Crippen LogP contribution is -2.16. The molecule has 3 aromatic rings. The SMILES string of the molecule is CCCCC1CCC(CCc2c(F)cc(-c3ccccc3)c(Oc3ccc(OC(F)(F)F)cc3)c2F)CC1. The lowest BCUT2D eigenvalue weighted by Gasteiger charge is -2.28. The molecule has 3 aromatic carbocycles. The quantitative estimate of drug-likeness (QED) is 0.242. The van der Waals surface area contributed by atoms with Crippen LogP contribution < -0.4 is 9.47 Å². The molecular formula is C31H33F5O2. The zero-order valence-electron chi connectivity index (χ0n) is 21.5. The van der Waals surface area contributed by atoms with Crippen LogP contribution in [0, 0.1) is 23.5 Å². The van der Waals surface area contributed by atoms with E-state index >= 15 is 8.78 Å². The number of rotatable bonds is 10. The molecule has 2 nitrogen and oxygen atoms in total. The van der Waals surface area contributed by atoms with E-state index in [1.807, 2.05) is 0 Å². The molecule has 0 aromatic heterocycles. The van der Waals surface area contributed by atoms with E-state index in [-0.39, 0.29) is 29.0 Å². The summed E-state index contributed by atoms with van der Waals surface area (Å²) in [6.07, 6.45) is 4.34. The van der Waals surface area contributed by atoms with E-state index in [4.69, 9.17) is 4.74 Å². The lowest BCUT2D eigenvalue weighted by molar-refractivity contribution is -0.274. The predicted molar refractivity (Wildman–Crippen MR) is 138 cm³/mol. The average molecular weight is 533 g/mol. The fourth-order valence-electron chi connectivity index (χ4n) is 5.28. The van der Waals surface area contributed by atoms with Crippen LogP contribution in [-0.4, -0.2) is 6.36 Å². The van der Waals surface area contributed by atoms with Crippen LogP contribution in [0.1, 0.15) is 63.9 Å². The molecule has 0 aliphatic heterocycles. The number of halogens is 5. The van der Waals surface area contributed by atoms with Gasteiger partial charge in [0.1, 0.15) is 17.3 Å². The van der Waals surface area contributed by atoms with E-state index in [1.165, 1.54) is 50.3 Å². The first kappa shape index (κ1) is 27.9. The van der Waals surface area contributed by atoms with Gasteiger partial charge in [-0.15, -0.1) is 13.2 Å². The summed E-state index contributed by atoms with van der Waals surface area (Å²) < 4.78 is 78.4. The van der Waals surface area contributed by atoms with Gasteiger partial charge in [-0.1, -0.05) is 82.2 Å². The van der Waals surface area contributed by atoms with Crippen LogP contribution >= 0.6 is 0 Å². The molecule has 0 spiro atoms. The molecule has 0 N–H and O–H groups in total. The van der Waals surface area contributed by atoms with E-state index in [2.05, 4.69) is 11.7 Å². The van der Waals surface area contributed by atoms with E-state index in [0.29, 0.717) is 17.9 Å². The van der Waals surface area contributed by atoms with E-state index in [9.17, 15) is 13.2 Å². The molecule has 38 heavy (non-hydrogen) atoms. The number of ether oxygens (including phenoxy) is 2. The summed E-state index contributed by atoms with van der Waals surface area (Å²) in [6.45, 7) is 2.20. The highest BCUT2D eigenvalue weighted by molar-refractivity contribution is 5.72. The Bertz CT molecular complexity index is 1170. The Balaban J connectivity index is 1.55. The zero-order chi connectivity index (χ0) is 27.1. The third-order valence-electron chi connectivity index (χ3n) is 7.37. The fourth-order valence-corrected chi connectivity index (χ4v) is 5.28. The van der Waals surface area contributed by atoms with Crippen LogP contribution in [0.5, 0.6) is 17.2 Å². The van der Waals surface area contributed by atoms with Crippen molar-refractivity contribution in [3.05, 3.63) is 77.9 Å². The van der Waals surface area contributed by atoms with E-state index in [1.54, 1.807) is 30.3 Å². The summed E-state index contributed by atoms with van der Waals surface area (Å²) >= 11 is 0.